The quantitative estimate of drug-likeness (QED) is 0.465. The molecule has 6 heteroatoms. The summed E-state index contributed by atoms with van der Waals surface area (Å²) in [5.41, 5.74) is 1.22. The first-order chi connectivity index (χ1) is 15.3. The molecule has 4 aromatic rings. The fourth-order valence-electron chi connectivity index (χ4n) is 3.73. The van der Waals surface area contributed by atoms with Crippen LogP contribution in [0, 0.1) is 0 Å². The molecule has 0 fully saturated rings. The van der Waals surface area contributed by atoms with Gasteiger partial charge in [-0.1, -0.05) is 48.5 Å². The van der Waals surface area contributed by atoms with E-state index in [9.17, 15) is 9.59 Å². The van der Waals surface area contributed by atoms with Crippen molar-refractivity contribution < 1.29 is 13.9 Å². The van der Waals surface area contributed by atoms with Gasteiger partial charge >= 0.3 is 0 Å². The molecule has 0 aliphatic carbocycles. The highest BCUT2D eigenvalue weighted by molar-refractivity contribution is 5.82. The third kappa shape index (κ3) is 4.91. The van der Waals surface area contributed by atoms with Crippen molar-refractivity contribution >= 4 is 16.7 Å². The molecule has 2 aromatic heterocycles. The number of nitrogens with zero attached hydrogens (tertiary/aromatic N) is 1. The number of ether oxygens (including phenoxy) is 1. The molecular weight excluding hydrogens is 404 g/mol. The molecule has 0 aliphatic rings. The number of hydrogen-bond donors (Lipinski definition) is 1. The Morgan fingerprint density at radius 1 is 1.06 bits per heavy atom. The maximum atomic E-state index is 12.5. The molecule has 1 amide bonds. The van der Waals surface area contributed by atoms with Gasteiger partial charge in [0.1, 0.15) is 18.6 Å². The summed E-state index contributed by atoms with van der Waals surface area (Å²) in [5, 5.41) is 5.20. The fraction of sp³-hybridized carbons (Fsp3) is 0.231. The fourth-order valence-corrected chi connectivity index (χ4v) is 3.73. The molecule has 0 spiro atoms. The smallest absolute Gasteiger partial charge is 0.227 e. The van der Waals surface area contributed by atoms with E-state index >= 15 is 0 Å². The van der Waals surface area contributed by atoms with Gasteiger partial charge in [-0.15, -0.1) is 0 Å². The summed E-state index contributed by atoms with van der Waals surface area (Å²) in [4.78, 5) is 23.9. The van der Waals surface area contributed by atoms with Crippen molar-refractivity contribution in [1.29, 1.82) is 0 Å². The SMILES string of the molecule is CC(=O)NC(C)(C)c1ccc(COc2coc(Cn3cc4ccccc4c3)cc2=O)cc1. The summed E-state index contributed by atoms with van der Waals surface area (Å²) in [6, 6.07) is 17.3. The van der Waals surface area contributed by atoms with E-state index in [1.165, 1.54) is 19.3 Å². The zero-order valence-corrected chi connectivity index (χ0v) is 18.4. The van der Waals surface area contributed by atoms with Gasteiger partial charge in [0.2, 0.25) is 17.1 Å². The second kappa shape index (κ2) is 8.75. The Morgan fingerprint density at radius 3 is 2.31 bits per heavy atom. The monoisotopic (exact) mass is 430 g/mol. The summed E-state index contributed by atoms with van der Waals surface area (Å²) in [5.74, 6) is 0.656. The molecule has 6 nitrogen and oxygen atoms in total. The van der Waals surface area contributed by atoms with Crippen LogP contribution in [0.3, 0.4) is 0 Å². The second-order valence-corrected chi connectivity index (χ2v) is 8.43. The van der Waals surface area contributed by atoms with E-state index < -0.39 is 5.54 Å². The molecule has 2 aromatic carbocycles. The van der Waals surface area contributed by atoms with E-state index in [1.807, 2.05) is 79.3 Å². The van der Waals surface area contributed by atoms with Crippen LogP contribution < -0.4 is 15.5 Å². The molecule has 2 heterocycles. The first kappa shape index (κ1) is 21.4. The maximum absolute atomic E-state index is 12.5. The highest BCUT2D eigenvalue weighted by Crippen LogP contribution is 2.21. The average Bonchev–Trinajstić information content (AvgIpc) is 3.15. The third-order valence-electron chi connectivity index (χ3n) is 5.36. The summed E-state index contributed by atoms with van der Waals surface area (Å²) in [7, 11) is 0. The van der Waals surface area contributed by atoms with E-state index in [1.54, 1.807) is 0 Å². The van der Waals surface area contributed by atoms with Crippen molar-refractivity contribution in [3.63, 3.8) is 0 Å². The zero-order chi connectivity index (χ0) is 22.7. The van der Waals surface area contributed by atoms with Crippen molar-refractivity contribution in [3.05, 3.63) is 100 Å². The van der Waals surface area contributed by atoms with Gasteiger partial charge in [-0.3, -0.25) is 9.59 Å². The molecule has 0 unspecified atom stereocenters. The minimum atomic E-state index is -0.465. The van der Waals surface area contributed by atoms with E-state index in [0.29, 0.717) is 12.3 Å². The molecule has 1 N–H and O–H groups in total. The minimum absolute atomic E-state index is 0.0809. The number of amides is 1. The lowest BCUT2D eigenvalue weighted by atomic mass is 9.93. The van der Waals surface area contributed by atoms with Crippen LogP contribution >= 0.6 is 0 Å². The predicted molar refractivity (Wildman–Crippen MR) is 124 cm³/mol. The van der Waals surface area contributed by atoms with Crippen LogP contribution in [-0.4, -0.2) is 10.5 Å². The van der Waals surface area contributed by atoms with Crippen LogP contribution in [0.5, 0.6) is 5.75 Å². The van der Waals surface area contributed by atoms with Gasteiger partial charge in [0.15, 0.2) is 0 Å². The van der Waals surface area contributed by atoms with Gasteiger partial charge in [-0.2, -0.15) is 0 Å². The Kier molecular flexibility index (Phi) is 5.86. The highest BCUT2D eigenvalue weighted by atomic mass is 16.5. The average molecular weight is 431 g/mol. The predicted octanol–water partition coefficient (Wildman–Crippen LogP) is 4.59. The standard InChI is InChI=1S/C26H26N2O4/c1-18(29)27-26(2,3)22-10-8-19(9-11-22)16-32-25-17-31-23(12-24(25)30)15-28-13-20-6-4-5-7-21(20)14-28/h4-14,17H,15-16H2,1-3H3,(H,27,29). The Bertz CT molecular complexity index is 1270. The van der Waals surface area contributed by atoms with Crippen LogP contribution in [0.1, 0.15) is 37.7 Å². The summed E-state index contributed by atoms with van der Waals surface area (Å²) in [6.07, 6.45) is 5.42. The molecule has 0 aliphatic heterocycles. The van der Waals surface area contributed by atoms with Crippen molar-refractivity contribution in [3.8, 4) is 5.75 Å². The highest BCUT2D eigenvalue weighted by Gasteiger charge is 2.21. The number of fused-ring (bicyclic) bond motifs is 1. The first-order valence-electron chi connectivity index (χ1n) is 10.5. The molecule has 0 atom stereocenters. The van der Waals surface area contributed by atoms with E-state index in [2.05, 4.69) is 5.32 Å². The van der Waals surface area contributed by atoms with Gasteiger partial charge in [0.05, 0.1) is 12.1 Å². The molecule has 0 radical (unpaired) electrons. The lowest BCUT2D eigenvalue weighted by Crippen LogP contribution is -2.39. The summed E-state index contributed by atoms with van der Waals surface area (Å²) < 4.78 is 13.3. The van der Waals surface area contributed by atoms with Gasteiger partial charge in [-0.05, 0) is 35.7 Å². The molecule has 0 bridgehead atoms. The number of carbonyl (C=O) groups is 1. The zero-order valence-electron chi connectivity index (χ0n) is 18.4. The summed E-state index contributed by atoms with van der Waals surface area (Å²) >= 11 is 0. The Hall–Kier alpha value is -3.80. The Morgan fingerprint density at radius 2 is 1.72 bits per heavy atom. The molecule has 164 valence electrons. The molecule has 0 saturated carbocycles. The van der Waals surface area contributed by atoms with E-state index in [-0.39, 0.29) is 23.7 Å². The number of carbonyl (C=O) groups excluding carboxylic acids is 1. The van der Waals surface area contributed by atoms with Crippen LogP contribution in [-0.2, 0) is 23.5 Å². The number of benzene rings is 2. The van der Waals surface area contributed by atoms with E-state index in [0.717, 1.165) is 21.9 Å². The molecule has 0 saturated heterocycles. The van der Waals surface area contributed by atoms with Gasteiger partial charge < -0.3 is 19.0 Å². The molecule has 32 heavy (non-hydrogen) atoms. The number of rotatable bonds is 7. The van der Waals surface area contributed by atoms with Crippen molar-refractivity contribution in [2.75, 3.05) is 0 Å². The topological polar surface area (TPSA) is 73.5 Å². The van der Waals surface area contributed by atoms with Gasteiger partial charge in [0, 0.05) is 25.4 Å². The van der Waals surface area contributed by atoms with Crippen LogP contribution in [0.4, 0.5) is 0 Å². The summed E-state index contributed by atoms with van der Waals surface area (Å²) in [6.45, 7) is 6.11. The first-order valence-corrected chi connectivity index (χ1v) is 10.5. The lowest BCUT2D eigenvalue weighted by Gasteiger charge is -2.26. The van der Waals surface area contributed by atoms with Crippen LogP contribution in [0.15, 0.2) is 82.5 Å². The third-order valence-corrected chi connectivity index (χ3v) is 5.36. The lowest BCUT2D eigenvalue weighted by molar-refractivity contribution is -0.120. The Labute approximate surface area is 186 Å². The largest absolute Gasteiger partial charge is 0.482 e. The molecular formula is C26H26N2O4. The minimum Gasteiger partial charge on any atom is -0.482 e. The van der Waals surface area contributed by atoms with Crippen LogP contribution in [0.2, 0.25) is 0 Å². The van der Waals surface area contributed by atoms with Gasteiger partial charge in [0.25, 0.3) is 0 Å². The number of nitrogens with one attached hydrogen (secondary N) is 1. The normalized spacial score (nSPS) is 11.5. The Balaban J connectivity index is 1.39. The molecule has 4 rings (SSSR count). The second-order valence-electron chi connectivity index (χ2n) is 8.43. The van der Waals surface area contributed by atoms with Crippen molar-refractivity contribution in [2.45, 2.75) is 39.5 Å². The van der Waals surface area contributed by atoms with Gasteiger partial charge in [-0.25, -0.2) is 0 Å². The van der Waals surface area contributed by atoms with Crippen LogP contribution in [0.25, 0.3) is 10.8 Å². The van der Waals surface area contributed by atoms with E-state index in [4.69, 9.17) is 9.15 Å². The maximum Gasteiger partial charge on any atom is 0.227 e. The van der Waals surface area contributed by atoms with Crippen molar-refractivity contribution in [2.24, 2.45) is 0 Å². The number of hydrogen-bond acceptors (Lipinski definition) is 4. The number of aromatic nitrogens is 1. The van der Waals surface area contributed by atoms with Crippen molar-refractivity contribution in [1.82, 2.24) is 9.88 Å².